The molecule has 0 spiro atoms. The lowest BCUT2D eigenvalue weighted by atomic mass is 9.92. The van der Waals surface area contributed by atoms with Gasteiger partial charge in [0.05, 0.1) is 12.3 Å². The molecule has 116 valence electrons. The summed E-state index contributed by atoms with van der Waals surface area (Å²) >= 11 is 0. The van der Waals surface area contributed by atoms with Crippen LogP contribution in [0.4, 0.5) is 0 Å². The fourth-order valence-electron chi connectivity index (χ4n) is 2.40. The molecule has 0 amide bonds. The molecule has 1 saturated heterocycles. The van der Waals surface area contributed by atoms with Crippen molar-refractivity contribution in [2.24, 2.45) is 11.3 Å². The number of hydrogen-bond acceptors (Lipinski definition) is 4. The largest absolute Gasteiger partial charge is 0.481 e. The van der Waals surface area contributed by atoms with Crippen LogP contribution in [0.1, 0.15) is 33.6 Å². The van der Waals surface area contributed by atoms with Gasteiger partial charge in [-0.25, -0.2) is 0 Å². The number of nitrogens with zero attached hydrogens (tertiary/aromatic N) is 1. The number of carbonyl (C=O) groups is 2. The number of nitrogens with one attached hydrogen (secondary N) is 1. The number of aliphatic carboxylic acids is 2. The van der Waals surface area contributed by atoms with E-state index in [0.29, 0.717) is 26.1 Å². The summed E-state index contributed by atoms with van der Waals surface area (Å²) in [6.45, 7) is 8.76. The summed E-state index contributed by atoms with van der Waals surface area (Å²) in [4.78, 5) is 23.8. The van der Waals surface area contributed by atoms with E-state index in [1.165, 1.54) is 0 Å². The number of rotatable bonds is 6. The first kappa shape index (κ1) is 16.9. The molecule has 0 saturated carbocycles. The number of piperidine rings is 1. The number of hydrogen-bond donors (Lipinski definition) is 3. The zero-order valence-electron chi connectivity index (χ0n) is 12.6. The highest BCUT2D eigenvalue weighted by Gasteiger charge is 2.31. The van der Waals surface area contributed by atoms with Crippen molar-refractivity contribution in [2.45, 2.75) is 39.7 Å². The molecule has 0 aliphatic carbocycles. The van der Waals surface area contributed by atoms with Gasteiger partial charge in [-0.15, -0.1) is 0 Å². The molecule has 6 nitrogen and oxygen atoms in total. The first-order valence-corrected chi connectivity index (χ1v) is 7.08. The summed E-state index contributed by atoms with van der Waals surface area (Å²) in [5.41, 5.74) is 0.141. The molecule has 0 radical (unpaired) electrons. The van der Waals surface area contributed by atoms with E-state index < -0.39 is 17.9 Å². The SMILES string of the molecule is CC(C)(C)CNC1CC(C(=O)O)CN(CCC(=O)O)C1. The van der Waals surface area contributed by atoms with E-state index >= 15 is 0 Å². The Morgan fingerprint density at radius 1 is 1.25 bits per heavy atom. The molecule has 1 fully saturated rings. The van der Waals surface area contributed by atoms with Gasteiger partial charge in [0.2, 0.25) is 0 Å². The third-order valence-electron chi connectivity index (χ3n) is 3.44. The molecule has 3 N–H and O–H groups in total. The monoisotopic (exact) mass is 286 g/mol. The van der Waals surface area contributed by atoms with Gasteiger partial charge in [0, 0.05) is 32.2 Å². The quantitative estimate of drug-likeness (QED) is 0.671. The van der Waals surface area contributed by atoms with Crippen LogP contribution in [0.5, 0.6) is 0 Å². The van der Waals surface area contributed by atoms with E-state index in [0.717, 1.165) is 6.54 Å². The second-order valence-corrected chi connectivity index (χ2v) is 6.81. The van der Waals surface area contributed by atoms with Crippen molar-refractivity contribution in [3.8, 4) is 0 Å². The van der Waals surface area contributed by atoms with Crippen LogP contribution >= 0.6 is 0 Å². The van der Waals surface area contributed by atoms with E-state index in [9.17, 15) is 14.7 Å². The van der Waals surface area contributed by atoms with Crippen LogP contribution in [0, 0.1) is 11.3 Å². The molecule has 1 aliphatic heterocycles. The Labute approximate surface area is 120 Å². The Bertz CT molecular complexity index is 352. The standard InChI is InChI=1S/C14H26N2O4/c1-14(2,3)9-15-11-6-10(13(19)20)7-16(8-11)5-4-12(17)18/h10-11,15H,4-9H2,1-3H3,(H,17,18)(H,19,20). The van der Waals surface area contributed by atoms with Crippen LogP contribution in [0.25, 0.3) is 0 Å². The Morgan fingerprint density at radius 3 is 2.40 bits per heavy atom. The predicted octanol–water partition coefficient (Wildman–Crippen LogP) is 0.872. The molecule has 20 heavy (non-hydrogen) atoms. The van der Waals surface area contributed by atoms with Crippen LogP contribution in [0.15, 0.2) is 0 Å². The molecule has 0 aromatic carbocycles. The van der Waals surface area contributed by atoms with Crippen molar-refractivity contribution in [2.75, 3.05) is 26.2 Å². The fraction of sp³-hybridized carbons (Fsp3) is 0.857. The maximum Gasteiger partial charge on any atom is 0.307 e. The van der Waals surface area contributed by atoms with Crippen LogP contribution in [-0.4, -0.2) is 59.3 Å². The van der Waals surface area contributed by atoms with Crippen molar-refractivity contribution in [1.29, 1.82) is 0 Å². The lowest BCUT2D eigenvalue weighted by molar-refractivity contribution is -0.144. The molecule has 0 aromatic rings. The summed E-state index contributed by atoms with van der Waals surface area (Å²) < 4.78 is 0. The fourth-order valence-corrected chi connectivity index (χ4v) is 2.40. The minimum Gasteiger partial charge on any atom is -0.481 e. The Hall–Kier alpha value is -1.14. The Balaban J connectivity index is 2.56. The van der Waals surface area contributed by atoms with Gasteiger partial charge in [0.1, 0.15) is 0 Å². The molecule has 0 aromatic heterocycles. The molecule has 0 bridgehead atoms. The molecule has 1 aliphatic rings. The normalized spacial score (nSPS) is 24.6. The van der Waals surface area contributed by atoms with Crippen LogP contribution in [0.3, 0.4) is 0 Å². The van der Waals surface area contributed by atoms with Gasteiger partial charge < -0.3 is 20.4 Å². The Morgan fingerprint density at radius 2 is 1.90 bits per heavy atom. The first-order valence-electron chi connectivity index (χ1n) is 7.08. The van der Waals surface area contributed by atoms with Gasteiger partial charge in [-0.2, -0.15) is 0 Å². The van der Waals surface area contributed by atoms with E-state index in [1.807, 2.05) is 4.90 Å². The topological polar surface area (TPSA) is 89.9 Å². The van der Waals surface area contributed by atoms with E-state index in [1.54, 1.807) is 0 Å². The van der Waals surface area contributed by atoms with Gasteiger partial charge >= 0.3 is 11.9 Å². The summed E-state index contributed by atoms with van der Waals surface area (Å²) in [5, 5.41) is 21.4. The molecule has 1 heterocycles. The number of carboxylic acids is 2. The molecular weight excluding hydrogens is 260 g/mol. The Kier molecular flexibility index (Phi) is 5.95. The third-order valence-corrected chi connectivity index (χ3v) is 3.44. The number of likely N-dealkylation sites (tertiary alicyclic amines) is 1. The highest BCUT2D eigenvalue weighted by molar-refractivity contribution is 5.70. The van der Waals surface area contributed by atoms with Gasteiger partial charge in [0.15, 0.2) is 0 Å². The van der Waals surface area contributed by atoms with Crippen LogP contribution in [0.2, 0.25) is 0 Å². The lowest BCUT2D eigenvalue weighted by Crippen LogP contribution is -2.52. The maximum atomic E-state index is 11.2. The first-order chi connectivity index (χ1) is 9.17. The highest BCUT2D eigenvalue weighted by Crippen LogP contribution is 2.19. The van der Waals surface area contributed by atoms with E-state index in [4.69, 9.17) is 5.11 Å². The predicted molar refractivity (Wildman–Crippen MR) is 75.7 cm³/mol. The van der Waals surface area contributed by atoms with E-state index in [2.05, 4.69) is 26.1 Å². The van der Waals surface area contributed by atoms with Crippen molar-refractivity contribution in [3.05, 3.63) is 0 Å². The van der Waals surface area contributed by atoms with Gasteiger partial charge in [-0.1, -0.05) is 20.8 Å². The van der Waals surface area contributed by atoms with Crippen LogP contribution in [-0.2, 0) is 9.59 Å². The smallest absolute Gasteiger partial charge is 0.307 e. The minimum absolute atomic E-state index is 0.0539. The number of carboxylic acid groups (broad SMARTS) is 2. The summed E-state index contributed by atoms with van der Waals surface area (Å²) in [6.07, 6.45) is 0.660. The van der Waals surface area contributed by atoms with E-state index in [-0.39, 0.29) is 17.9 Å². The summed E-state index contributed by atoms with van der Waals surface area (Å²) in [7, 11) is 0. The minimum atomic E-state index is -0.846. The molecular formula is C14H26N2O4. The second-order valence-electron chi connectivity index (χ2n) is 6.81. The average molecular weight is 286 g/mol. The summed E-state index contributed by atoms with van der Waals surface area (Å²) in [5.74, 6) is -2.07. The van der Waals surface area contributed by atoms with Gasteiger partial charge in [-0.05, 0) is 11.8 Å². The van der Waals surface area contributed by atoms with Gasteiger partial charge in [0.25, 0.3) is 0 Å². The molecule has 2 unspecified atom stereocenters. The average Bonchev–Trinajstić information content (AvgIpc) is 2.33. The zero-order valence-corrected chi connectivity index (χ0v) is 12.6. The van der Waals surface area contributed by atoms with Crippen molar-refractivity contribution in [1.82, 2.24) is 10.2 Å². The second kappa shape index (κ2) is 7.04. The maximum absolute atomic E-state index is 11.2. The van der Waals surface area contributed by atoms with Crippen LogP contribution < -0.4 is 5.32 Å². The molecule has 6 heteroatoms. The van der Waals surface area contributed by atoms with Crippen molar-refractivity contribution in [3.63, 3.8) is 0 Å². The van der Waals surface area contributed by atoms with Gasteiger partial charge in [-0.3, -0.25) is 9.59 Å². The highest BCUT2D eigenvalue weighted by atomic mass is 16.4. The molecule has 1 rings (SSSR count). The lowest BCUT2D eigenvalue weighted by Gasteiger charge is -2.37. The third kappa shape index (κ3) is 6.34. The summed E-state index contributed by atoms with van der Waals surface area (Å²) in [6, 6.07) is 0.109. The van der Waals surface area contributed by atoms with Crippen molar-refractivity contribution < 1.29 is 19.8 Å². The molecule has 2 atom stereocenters. The zero-order chi connectivity index (χ0) is 15.3. The van der Waals surface area contributed by atoms with Crippen molar-refractivity contribution >= 4 is 11.9 Å².